The van der Waals surface area contributed by atoms with Crippen LogP contribution in [0.5, 0.6) is 0 Å². The fraction of sp³-hybridized carbons (Fsp3) is 0.600. The van der Waals surface area contributed by atoms with Crippen LogP contribution in [-0.2, 0) is 16.6 Å². The quantitative estimate of drug-likeness (QED) is 0.930. The van der Waals surface area contributed by atoms with E-state index in [1.165, 1.54) is 0 Å². The Morgan fingerprint density at radius 3 is 2.65 bits per heavy atom. The van der Waals surface area contributed by atoms with E-state index >= 15 is 0 Å². The number of nitrogens with two attached hydrogens (primary N) is 1. The molecule has 1 aliphatic heterocycles. The number of hydrogen-bond donors (Lipinski definition) is 1. The molecule has 0 aromatic heterocycles. The van der Waals surface area contributed by atoms with Crippen LogP contribution in [0.3, 0.4) is 0 Å². The summed E-state index contributed by atoms with van der Waals surface area (Å²) < 4.78 is 27.2. The van der Waals surface area contributed by atoms with Crippen LogP contribution >= 0.6 is 0 Å². The summed E-state index contributed by atoms with van der Waals surface area (Å²) in [6, 6.07) is 5.31. The normalized spacial score (nSPS) is 24.8. The highest BCUT2D eigenvalue weighted by Gasteiger charge is 2.33. The van der Waals surface area contributed by atoms with Gasteiger partial charge in [-0.2, -0.15) is 4.31 Å². The van der Waals surface area contributed by atoms with Crippen LogP contribution in [0.25, 0.3) is 0 Å². The molecular weight excluding hydrogens is 272 g/mol. The van der Waals surface area contributed by atoms with Gasteiger partial charge < -0.3 is 5.73 Å². The first kappa shape index (κ1) is 15.5. The minimum Gasteiger partial charge on any atom is -0.326 e. The lowest BCUT2D eigenvalue weighted by Crippen LogP contribution is -2.44. The zero-order valence-corrected chi connectivity index (χ0v) is 13.3. The van der Waals surface area contributed by atoms with Crippen molar-refractivity contribution in [3.05, 3.63) is 29.3 Å². The molecule has 1 saturated heterocycles. The minimum atomic E-state index is -3.41. The van der Waals surface area contributed by atoms with Crippen molar-refractivity contribution < 1.29 is 8.42 Å². The minimum absolute atomic E-state index is 0.0615. The second kappa shape index (κ2) is 5.84. The van der Waals surface area contributed by atoms with Gasteiger partial charge in [0, 0.05) is 19.1 Å². The number of aryl methyl sites for hydroxylation is 1. The molecule has 0 aliphatic carbocycles. The molecule has 2 unspecified atom stereocenters. The topological polar surface area (TPSA) is 63.4 Å². The Labute approximate surface area is 122 Å². The molecule has 112 valence electrons. The van der Waals surface area contributed by atoms with Crippen molar-refractivity contribution >= 4 is 10.0 Å². The van der Waals surface area contributed by atoms with E-state index in [0.29, 0.717) is 23.9 Å². The largest absolute Gasteiger partial charge is 0.326 e. The van der Waals surface area contributed by atoms with Crippen molar-refractivity contribution in [3.8, 4) is 0 Å². The fourth-order valence-electron chi connectivity index (χ4n) is 2.91. The van der Waals surface area contributed by atoms with Crippen LogP contribution < -0.4 is 5.73 Å². The Hall–Kier alpha value is -0.910. The predicted molar refractivity (Wildman–Crippen MR) is 80.8 cm³/mol. The van der Waals surface area contributed by atoms with E-state index in [9.17, 15) is 8.42 Å². The van der Waals surface area contributed by atoms with E-state index in [1.807, 2.05) is 19.9 Å². The fourth-order valence-corrected chi connectivity index (χ4v) is 4.61. The molecule has 0 amide bonds. The molecule has 4 nitrogen and oxygen atoms in total. The predicted octanol–water partition coefficient (Wildman–Crippen LogP) is 2.26. The van der Waals surface area contributed by atoms with E-state index in [2.05, 4.69) is 6.92 Å². The zero-order chi connectivity index (χ0) is 14.9. The number of rotatable bonds is 3. The summed E-state index contributed by atoms with van der Waals surface area (Å²) in [5, 5.41) is 0. The summed E-state index contributed by atoms with van der Waals surface area (Å²) in [5.41, 5.74) is 7.61. The average molecular weight is 296 g/mol. The monoisotopic (exact) mass is 296 g/mol. The lowest BCUT2D eigenvalue weighted by Gasteiger charge is -2.35. The summed E-state index contributed by atoms with van der Waals surface area (Å²) in [6.07, 6.45) is 1.86. The van der Waals surface area contributed by atoms with Gasteiger partial charge in [0.05, 0.1) is 4.90 Å². The number of piperidine rings is 1. The first-order valence-electron chi connectivity index (χ1n) is 7.17. The highest BCUT2D eigenvalue weighted by Crippen LogP contribution is 2.28. The van der Waals surface area contributed by atoms with Crippen LogP contribution in [0.4, 0.5) is 0 Å². The molecule has 0 spiro atoms. The van der Waals surface area contributed by atoms with Gasteiger partial charge in [-0.15, -0.1) is 0 Å². The van der Waals surface area contributed by atoms with Crippen molar-refractivity contribution in [1.82, 2.24) is 4.31 Å². The standard InChI is InChI=1S/C15H24N2O2S/c1-11-6-7-17(13(3)8-11)20(18,19)15-5-4-12(2)14(9-15)10-16/h4-5,9,11,13H,6-8,10,16H2,1-3H3. The molecule has 1 aromatic carbocycles. The summed E-state index contributed by atoms with van der Waals surface area (Å²) >= 11 is 0. The lowest BCUT2D eigenvalue weighted by molar-refractivity contribution is 0.220. The molecule has 2 atom stereocenters. The molecular formula is C15H24N2O2S. The number of sulfonamides is 1. The maximum absolute atomic E-state index is 12.8. The van der Waals surface area contributed by atoms with E-state index in [4.69, 9.17) is 5.73 Å². The molecule has 1 aliphatic rings. The van der Waals surface area contributed by atoms with Gasteiger partial charge >= 0.3 is 0 Å². The Bertz CT molecular complexity index is 584. The van der Waals surface area contributed by atoms with Crippen molar-refractivity contribution in [2.45, 2.75) is 51.1 Å². The smallest absolute Gasteiger partial charge is 0.243 e. The highest BCUT2D eigenvalue weighted by molar-refractivity contribution is 7.89. The Balaban J connectivity index is 2.35. The molecule has 2 rings (SSSR count). The third-order valence-corrected chi connectivity index (χ3v) is 6.23. The van der Waals surface area contributed by atoms with Crippen molar-refractivity contribution in [2.75, 3.05) is 6.54 Å². The second-order valence-corrected chi connectivity index (χ2v) is 7.78. The molecule has 2 N–H and O–H groups in total. The van der Waals surface area contributed by atoms with Gasteiger partial charge in [-0.3, -0.25) is 0 Å². The van der Waals surface area contributed by atoms with Gasteiger partial charge in [-0.05, 0) is 55.9 Å². The number of nitrogens with zero attached hydrogens (tertiary/aromatic N) is 1. The molecule has 0 saturated carbocycles. The number of benzene rings is 1. The van der Waals surface area contributed by atoms with E-state index in [1.54, 1.807) is 16.4 Å². The van der Waals surface area contributed by atoms with Gasteiger partial charge in [0.15, 0.2) is 0 Å². The second-order valence-electron chi connectivity index (χ2n) is 5.89. The first-order chi connectivity index (χ1) is 9.36. The van der Waals surface area contributed by atoms with Crippen molar-refractivity contribution in [3.63, 3.8) is 0 Å². The molecule has 1 heterocycles. The maximum atomic E-state index is 12.8. The third kappa shape index (κ3) is 2.90. The summed E-state index contributed by atoms with van der Waals surface area (Å²) in [5.74, 6) is 0.592. The molecule has 1 fully saturated rings. The first-order valence-corrected chi connectivity index (χ1v) is 8.61. The molecule has 20 heavy (non-hydrogen) atoms. The van der Waals surface area contributed by atoms with E-state index in [0.717, 1.165) is 24.0 Å². The Morgan fingerprint density at radius 2 is 2.05 bits per heavy atom. The SMILES string of the molecule is Cc1ccc(S(=O)(=O)N2CCC(C)CC2C)cc1CN. The maximum Gasteiger partial charge on any atom is 0.243 e. The van der Waals surface area contributed by atoms with E-state index < -0.39 is 10.0 Å². The van der Waals surface area contributed by atoms with Gasteiger partial charge in [0.2, 0.25) is 10.0 Å². The van der Waals surface area contributed by atoms with Crippen LogP contribution in [0.15, 0.2) is 23.1 Å². The summed E-state index contributed by atoms with van der Waals surface area (Å²) in [7, 11) is -3.41. The van der Waals surface area contributed by atoms with Crippen LogP contribution in [0.1, 0.15) is 37.8 Å². The summed E-state index contributed by atoms with van der Waals surface area (Å²) in [4.78, 5) is 0.366. The number of hydrogen-bond acceptors (Lipinski definition) is 3. The van der Waals surface area contributed by atoms with Crippen LogP contribution in [0.2, 0.25) is 0 Å². The van der Waals surface area contributed by atoms with Crippen LogP contribution in [0, 0.1) is 12.8 Å². The Morgan fingerprint density at radius 1 is 1.35 bits per heavy atom. The van der Waals surface area contributed by atoms with Gasteiger partial charge in [-0.25, -0.2) is 8.42 Å². The van der Waals surface area contributed by atoms with Gasteiger partial charge in [-0.1, -0.05) is 13.0 Å². The Kier molecular flexibility index (Phi) is 4.52. The third-order valence-electron chi connectivity index (χ3n) is 4.22. The van der Waals surface area contributed by atoms with Crippen molar-refractivity contribution in [1.29, 1.82) is 0 Å². The van der Waals surface area contributed by atoms with E-state index in [-0.39, 0.29) is 6.04 Å². The highest BCUT2D eigenvalue weighted by atomic mass is 32.2. The molecule has 1 aromatic rings. The van der Waals surface area contributed by atoms with Crippen molar-refractivity contribution in [2.24, 2.45) is 11.7 Å². The average Bonchev–Trinajstić information content (AvgIpc) is 2.38. The molecule has 0 radical (unpaired) electrons. The molecule has 5 heteroatoms. The summed E-state index contributed by atoms with van der Waals surface area (Å²) in [6.45, 7) is 7.09. The lowest BCUT2D eigenvalue weighted by atomic mass is 9.95. The van der Waals surface area contributed by atoms with Crippen LogP contribution in [-0.4, -0.2) is 25.3 Å². The van der Waals surface area contributed by atoms with Gasteiger partial charge in [0.25, 0.3) is 0 Å². The molecule has 0 bridgehead atoms. The van der Waals surface area contributed by atoms with Gasteiger partial charge in [0.1, 0.15) is 0 Å². The zero-order valence-electron chi connectivity index (χ0n) is 12.5.